The van der Waals surface area contributed by atoms with Crippen molar-refractivity contribution in [2.24, 2.45) is 7.05 Å². The van der Waals surface area contributed by atoms with Gasteiger partial charge in [-0.25, -0.2) is 4.98 Å². The Bertz CT molecular complexity index is 789. The van der Waals surface area contributed by atoms with E-state index in [2.05, 4.69) is 15.2 Å². The normalized spacial score (nSPS) is 12.2. The minimum absolute atomic E-state index is 0.0638. The van der Waals surface area contributed by atoms with Crippen LogP contribution in [0.5, 0.6) is 0 Å². The molecule has 0 saturated heterocycles. The van der Waals surface area contributed by atoms with E-state index < -0.39 is 6.30 Å². The van der Waals surface area contributed by atoms with E-state index >= 15 is 0 Å². The Balaban J connectivity index is 2.21. The van der Waals surface area contributed by atoms with Gasteiger partial charge in [-0.05, 0) is 12.1 Å². The predicted octanol–water partition coefficient (Wildman–Crippen LogP) is 2.96. The van der Waals surface area contributed by atoms with Gasteiger partial charge in [0.1, 0.15) is 16.2 Å². The summed E-state index contributed by atoms with van der Waals surface area (Å²) in [5.41, 5.74) is 1.67. The van der Waals surface area contributed by atoms with Gasteiger partial charge in [0, 0.05) is 18.8 Å². The Morgan fingerprint density at radius 2 is 2.00 bits per heavy atom. The van der Waals surface area contributed by atoms with E-state index in [1.54, 1.807) is 19.2 Å². The molecule has 0 bridgehead atoms. The summed E-state index contributed by atoms with van der Waals surface area (Å²) in [6.07, 6.45) is -2.55. The van der Waals surface area contributed by atoms with Crippen molar-refractivity contribution in [3.05, 3.63) is 29.7 Å². The second kappa shape index (κ2) is 4.20. The van der Waals surface area contributed by atoms with Crippen LogP contribution in [0, 0.1) is 0 Å². The third kappa shape index (κ3) is 2.01. The fourth-order valence-corrected chi connectivity index (χ4v) is 2.10. The van der Waals surface area contributed by atoms with Gasteiger partial charge in [-0.2, -0.15) is 14.9 Å². The molecule has 0 aliphatic rings. The molecular weight excluding hydrogens is 295 g/mol. The number of rotatable bonds is 1. The van der Waals surface area contributed by atoms with E-state index in [9.17, 15) is 13.2 Å². The lowest BCUT2D eigenvalue weighted by Gasteiger charge is -2.04. The topological polar surface area (TPSA) is 48.5 Å². The van der Waals surface area contributed by atoms with Gasteiger partial charge in [0.2, 0.25) is 0 Å². The van der Waals surface area contributed by atoms with E-state index in [4.69, 9.17) is 11.6 Å². The van der Waals surface area contributed by atoms with Crippen LogP contribution in [0.3, 0.4) is 0 Å². The smallest absolute Gasteiger partial charge is 0.265 e. The van der Waals surface area contributed by atoms with Gasteiger partial charge in [0.25, 0.3) is 0 Å². The van der Waals surface area contributed by atoms with Crippen molar-refractivity contribution in [1.82, 2.24) is 24.5 Å². The number of nitrogens with zero attached hydrogens (tertiary/aromatic N) is 5. The van der Waals surface area contributed by atoms with Crippen LogP contribution in [0.1, 0.15) is 0 Å². The molecule has 0 aliphatic heterocycles. The molecule has 3 aromatic heterocycles. The van der Waals surface area contributed by atoms with Crippen LogP contribution in [0.15, 0.2) is 24.5 Å². The van der Waals surface area contributed by atoms with Crippen molar-refractivity contribution in [2.45, 2.75) is 6.30 Å². The fraction of sp³-hybridized carbons (Fsp3) is 0.182. The molecule has 5 nitrogen and oxygen atoms in total. The summed E-state index contributed by atoms with van der Waals surface area (Å²) in [6.45, 7) is 0. The van der Waals surface area contributed by atoms with Crippen molar-refractivity contribution in [3.8, 4) is 11.3 Å². The molecule has 9 heteroatoms. The summed E-state index contributed by atoms with van der Waals surface area (Å²) < 4.78 is 39.1. The highest BCUT2D eigenvalue weighted by Crippen LogP contribution is 2.30. The zero-order chi connectivity index (χ0) is 14.5. The molecule has 3 aromatic rings. The van der Waals surface area contributed by atoms with Crippen LogP contribution in [0.25, 0.3) is 22.3 Å². The molecule has 3 heterocycles. The highest BCUT2D eigenvalue weighted by atomic mass is 35.5. The predicted molar refractivity (Wildman–Crippen MR) is 66.0 cm³/mol. The molecule has 0 amide bonds. The second-order valence-corrected chi connectivity index (χ2v) is 4.50. The molecule has 20 heavy (non-hydrogen) atoms. The van der Waals surface area contributed by atoms with E-state index in [-0.39, 0.29) is 15.4 Å². The van der Waals surface area contributed by atoms with Gasteiger partial charge in [0.05, 0.1) is 11.9 Å². The number of hydrogen-bond donors (Lipinski definition) is 0. The average Bonchev–Trinajstić information content (AvgIpc) is 2.91. The number of aryl methyl sites for hydroxylation is 1. The molecule has 0 aromatic carbocycles. The van der Waals surface area contributed by atoms with Crippen LogP contribution in [-0.4, -0.2) is 24.5 Å². The Morgan fingerprint density at radius 3 is 2.65 bits per heavy atom. The number of fused-ring (bicyclic) bond motifs is 1. The lowest BCUT2D eigenvalue weighted by molar-refractivity contribution is -0.212. The van der Waals surface area contributed by atoms with Gasteiger partial charge < -0.3 is 0 Å². The zero-order valence-corrected chi connectivity index (χ0v) is 10.8. The average molecular weight is 302 g/mol. The molecule has 0 N–H and O–H groups in total. The first-order valence-corrected chi connectivity index (χ1v) is 5.85. The molecular formula is C11H7ClF3N5. The molecule has 0 radical (unpaired) electrons. The summed E-state index contributed by atoms with van der Waals surface area (Å²) >= 11 is 5.82. The molecule has 0 aliphatic carbocycles. The number of halogens is 4. The van der Waals surface area contributed by atoms with E-state index in [0.29, 0.717) is 16.7 Å². The second-order valence-electron chi connectivity index (χ2n) is 4.12. The molecule has 0 unspecified atom stereocenters. The van der Waals surface area contributed by atoms with Crippen LogP contribution in [0.2, 0.25) is 5.15 Å². The third-order valence-corrected chi connectivity index (χ3v) is 2.97. The van der Waals surface area contributed by atoms with Crippen LogP contribution >= 0.6 is 11.6 Å². The number of alkyl halides is 3. The zero-order valence-electron chi connectivity index (χ0n) is 10.1. The van der Waals surface area contributed by atoms with Crippen molar-refractivity contribution in [1.29, 1.82) is 0 Å². The first-order valence-electron chi connectivity index (χ1n) is 5.48. The lowest BCUT2D eigenvalue weighted by Crippen LogP contribution is -2.16. The Kier molecular flexibility index (Phi) is 2.72. The summed E-state index contributed by atoms with van der Waals surface area (Å²) in [5, 5.41) is 7.73. The molecule has 0 atom stereocenters. The largest absolute Gasteiger partial charge is 0.504 e. The van der Waals surface area contributed by atoms with Gasteiger partial charge in [0.15, 0.2) is 0 Å². The molecule has 3 rings (SSSR count). The minimum atomic E-state index is -4.56. The first kappa shape index (κ1) is 12.9. The monoisotopic (exact) mass is 301 g/mol. The van der Waals surface area contributed by atoms with E-state index in [1.165, 1.54) is 4.68 Å². The van der Waals surface area contributed by atoms with Gasteiger partial charge >= 0.3 is 6.30 Å². The van der Waals surface area contributed by atoms with Crippen molar-refractivity contribution < 1.29 is 13.2 Å². The Morgan fingerprint density at radius 1 is 1.25 bits per heavy atom. The van der Waals surface area contributed by atoms with Gasteiger partial charge in [-0.15, -0.1) is 13.2 Å². The highest BCUT2D eigenvalue weighted by Gasteiger charge is 2.32. The van der Waals surface area contributed by atoms with Crippen LogP contribution < -0.4 is 0 Å². The summed E-state index contributed by atoms with van der Waals surface area (Å²) in [7, 11) is 1.62. The molecule has 0 saturated carbocycles. The van der Waals surface area contributed by atoms with Crippen molar-refractivity contribution in [2.75, 3.05) is 0 Å². The third-order valence-electron chi connectivity index (χ3n) is 2.76. The maximum atomic E-state index is 12.6. The van der Waals surface area contributed by atoms with E-state index in [1.807, 2.05) is 0 Å². The first-order chi connectivity index (χ1) is 9.36. The summed E-state index contributed by atoms with van der Waals surface area (Å²) in [4.78, 5) is 4.11. The van der Waals surface area contributed by atoms with Crippen LogP contribution in [0.4, 0.5) is 13.2 Å². The number of hydrogen-bond acceptors (Lipinski definition) is 3. The number of aromatic nitrogens is 5. The summed E-state index contributed by atoms with van der Waals surface area (Å²) in [6, 6.07) is 3.22. The maximum absolute atomic E-state index is 12.6. The summed E-state index contributed by atoms with van der Waals surface area (Å²) in [5.74, 6) is 0. The van der Waals surface area contributed by atoms with Gasteiger partial charge in [-0.1, -0.05) is 11.6 Å². The van der Waals surface area contributed by atoms with E-state index in [0.717, 1.165) is 12.4 Å². The molecule has 0 fully saturated rings. The Labute approximate surface area is 115 Å². The maximum Gasteiger partial charge on any atom is 0.504 e. The van der Waals surface area contributed by atoms with Crippen molar-refractivity contribution in [3.63, 3.8) is 0 Å². The quantitative estimate of drug-likeness (QED) is 0.649. The Hall–Kier alpha value is -2.09. The molecule has 0 spiro atoms. The number of pyridine rings is 1. The minimum Gasteiger partial charge on any atom is -0.265 e. The van der Waals surface area contributed by atoms with Gasteiger partial charge in [-0.3, -0.25) is 4.68 Å². The highest BCUT2D eigenvalue weighted by molar-refractivity contribution is 6.29. The lowest BCUT2D eigenvalue weighted by atomic mass is 10.2. The van der Waals surface area contributed by atoms with Crippen LogP contribution in [-0.2, 0) is 13.3 Å². The fourth-order valence-electron chi connectivity index (χ4n) is 1.96. The van der Waals surface area contributed by atoms with Crippen molar-refractivity contribution >= 4 is 22.6 Å². The molecule has 104 valence electrons. The SMILES string of the molecule is Cn1nc2ccc(Cl)nc2c1-c1cnn(C(F)(F)F)c1. The standard InChI is InChI=1S/C11H7ClF3N5/c1-19-10(6-4-16-20(5-6)11(13,14)15)9-7(18-19)2-3-8(12)17-9/h2-5H,1H3.